The molecule has 4 nitrogen and oxygen atoms in total. The van der Waals surface area contributed by atoms with E-state index in [0.717, 1.165) is 11.8 Å². The molecule has 24 heavy (non-hydrogen) atoms. The molecule has 0 radical (unpaired) electrons. The van der Waals surface area contributed by atoms with Gasteiger partial charge in [0.1, 0.15) is 6.29 Å². The number of carbonyl (C=O) groups excluding carboxylic acids is 1. The van der Waals surface area contributed by atoms with Gasteiger partial charge in [-0.1, -0.05) is 51.1 Å². The SMILES string of the molecule is C[C@@H]([C@@H](OCc1ccccc1)[C@@H](C)C=O)[C@H]1OC(C)(C)OC[C@@H]1C. The van der Waals surface area contributed by atoms with E-state index >= 15 is 0 Å². The fourth-order valence-electron chi connectivity index (χ4n) is 3.34. The van der Waals surface area contributed by atoms with E-state index in [0.29, 0.717) is 13.2 Å². The van der Waals surface area contributed by atoms with Crippen molar-refractivity contribution in [3.8, 4) is 0 Å². The zero-order chi connectivity index (χ0) is 17.7. The molecule has 0 aromatic heterocycles. The third kappa shape index (κ3) is 4.88. The van der Waals surface area contributed by atoms with Crippen LogP contribution in [0.4, 0.5) is 0 Å². The van der Waals surface area contributed by atoms with E-state index in [2.05, 4.69) is 13.8 Å². The molecule has 134 valence electrons. The molecule has 1 aromatic rings. The topological polar surface area (TPSA) is 44.8 Å². The van der Waals surface area contributed by atoms with Crippen molar-refractivity contribution in [3.05, 3.63) is 35.9 Å². The molecular formula is C20H30O4. The molecule has 0 bridgehead atoms. The maximum atomic E-state index is 11.4. The zero-order valence-corrected chi connectivity index (χ0v) is 15.4. The van der Waals surface area contributed by atoms with Gasteiger partial charge in [-0.05, 0) is 19.4 Å². The first-order chi connectivity index (χ1) is 11.3. The van der Waals surface area contributed by atoms with Crippen LogP contribution in [0.15, 0.2) is 30.3 Å². The predicted octanol–water partition coefficient (Wildman–Crippen LogP) is 3.83. The molecule has 1 aliphatic heterocycles. The van der Waals surface area contributed by atoms with Gasteiger partial charge in [0, 0.05) is 17.8 Å². The first kappa shape index (κ1) is 19.1. The van der Waals surface area contributed by atoms with Gasteiger partial charge in [-0.2, -0.15) is 0 Å². The quantitative estimate of drug-likeness (QED) is 0.711. The van der Waals surface area contributed by atoms with Crippen LogP contribution in [-0.2, 0) is 25.6 Å². The van der Waals surface area contributed by atoms with Crippen LogP contribution >= 0.6 is 0 Å². The van der Waals surface area contributed by atoms with Crippen molar-refractivity contribution in [3.63, 3.8) is 0 Å². The zero-order valence-electron chi connectivity index (χ0n) is 15.4. The molecule has 0 aliphatic carbocycles. The van der Waals surface area contributed by atoms with E-state index < -0.39 is 5.79 Å². The van der Waals surface area contributed by atoms with E-state index in [1.54, 1.807) is 0 Å². The summed E-state index contributed by atoms with van der Waals surface area (Å²) in [5.74, 6) is -0.438. The second kappa shape index (κ2) is 8.24. The average molecular weight is 334 g/mol. The molecule has 1 saturated heterocycles. The molecule has 0 N–H and O–H groups in total. The van der Waals surface area contributed by atoms with Crippen LogP contribution < -0.4 is 0 Å². The second-order valence-corrected chi connectivity index (χ2v) is 7.39. The minimum absolute atomic E-state index is 0.00285. The third-order valence-electron chi connectivity index (χ3n) is 4.73. The molecule has 1 aromatic carbocycles. The molecule has 5 atom stereocenters. The Labute approximate surface area is 145 Å². The highest BCUT2D eigenvalue weighted by Crippen LogP contribution is 2.34. The Bertz CT molecular complexity index is 514. The number of hydrogen-bond acceptors (Lipinski definition) is 4. The van der Waals surface area contributed by atoms with Crippen LogP contribution in [0.2, 0.25) is 0 Å². The lowest BCUT2D eigenvalue weighted by Crippen LogP contribution is -2.51. The molecular weight excluding hydrogens is 304 g/mol. The first-order valence-electron chi connectivity index (χ1n) is 8.76. The van der Waals surface area contributed by atoms with Crippen molar-refractivity contribution in [2.75, 3.05) is 6.61 Å². The second-order valence-electron chi connectivity index (χ2n) is 7.39. The van der Waals surface area contributed by atoms with Gasteiger partial charge in [0.25, 0.3) is 0 Å². The minimum atomic E-state index is -0.597. The monoisotopic (exact) mass is 334 g/mol. The Morgan fingerprint density at radius 1 is 1.29 bits per heavy atom. The molecule has 0 unspecified atom stereocenters. The molecule has 1 aliphatic rings. The number of carbonyl (C=O) groups is 1. The van der Waals surface area contributed by atoms with E-state index in [9.17, 15) is 4.79 Å². The summed E-state index contributed by atoms with van der Waals surface area (Å²) < 4.78 is 18.0. The highest BCUT2D eigenvalue weighted by atomic mass is 16.7. The summed E-state index contributed by atoms with van der Waals surface area (Å²) in [6.07, 6.45) is 0.780. The van der Waals surface area contributed by atoms with E-state index in [-0.39, 0.29) is 30.0 Å². The normalized spacial score (nSPS) is 27.2. The van der Waals surface area contributed by atoms with Gasteiger partial charge in [0.15, 0.2) is 5.79 Å². The van der Waals surface area contributed by atoms with Gasteiger partial charge in [0.05, 0.1) is 25.4 Å². The summed E-state index contributed by atoms with van der Waals surface area (Å²) >= 11 is 0. The molecule has 1 heterocycles. The number of rotatable bonds is 7. The lowest BCUT2D eigenvalue weighted by atomic mass is 9.84. The third-order valence-corrected chi connectivity index (χ3v) is 4.73. The average Bonchev–Trinajstić information content (AvgIpc) is 2.57. The van der Waals surface area contributed by atoms with E-state index in [1.165, 1.54) is 0 Å². The fourth-order valence-corrected chi connectivity index (χ4v) is 3.34. The first-order valence-corrected chi connectivity index (χ1v) is 8.76. The van der Waals surface area contributed by atoms with Gasteiger partial charge in [-0.15, -0.1) is 0 Å². The van der Waals surface area contributed by atoms with Crippen LogP contribution in [0.25, 0.3) is 0 Å². The number of aldehydes is 1. The van der Waals surface area contributed by atoms with Gasteiger partial charge in [-0.3, -0.25) is 0 Å². The summed E-state index contributed by atoms with van der Waals surface area (Å²) in [5.41, 5.74) is 1.11. The smallest absolute Gasteiger partial charge is 0.163 e. The minimum Gasteiger partial charge on any atom is -0.372 e. The van der Waals surface area contributed by atoms with Crippen molar-refractivity contribution in [1.29, 1.82) is 0 Å². The van der Waals surface area contributed by atoms with Gasteiger partial charge >= 0.3 is 0 Å². The summed E-state index contributed by atoms with van der Waals surface area (Å²) in [6.45, 7) is 11.2. The molecule has 2 rings (SSSR count). The lowest BCUT2D eigenvalue weighted by Gasteiger charge is -2.44. The Kier molecular flexibility index (Phi) is 6.55. The Morgan fingerprint density at radius 3 is 2.58 bits per heavy atom. The summed E-state index contributed by atoms with van der Waals surface area (Å²) in [5, 5.41) is 0. The van der Waals surface area contributed by atoms with Crippen molar-refractivity contribution in [2.45, 2.75) is 59.2 Å². The Morgan fingerprint density at radius 2 is 1.96 bits per heavy atom. The molecule has 4 heteroatoms. The number of ether oxygens (including phenoxy) is 3. The Hall–Kier alpha value is -1.23. The molecule has 0 spiro atoms. The predicted molar refractivity (Wildman–Crippen MR) is 93.5 cm³/mol. The maximum Gasteiger partial charge on any atom is 0.163 e. The van der Waals surface area contributed by atoms with Gasteiger partial charge in [-0.25, -0.2) is 0 Å². The Balaban J connectivity index is 2.09. The maximum absolute atomic E-state index is 11.4. The van der Waals surface area contributed by atoms with E-state index in [1.807, 2.05) is 51.1 Å². The van der Waals surface area contributed by atoms with Gasteiger partial charge in [0.2, 0.25) is 0 Å². The number of benzene rings is 1. The van der Waals surface area contributed by atoms with Crippen molar-refractivity contribution < 1.29 is 19.0 Å². The van der Waals surface area contributed by atoms with Crippen molar-refractivity contribution >= 4 is 6.29 Å². The van der Waals surface area contributed by atoms with Crippen molar-refractivity contribution in [2.24, 2.45) is 17.8 Å². The summed E-state index contributed by atoms with van der Waals surface area (Å²) in [7, 11) is 0. The van der Waals surface area contributed by atoms with Crippen LogP contribution in [0, 0.1) is 17.8 Å². The standard InChI is InChI=1S/C20H30O4/c1-14(11-21)18(22-13-17-9-7-6-8-10-17)16(3)19-15(2)12-23-20(4,5)24-19/h6-11,14-16,18-19H,12-13H2,1-5H3/t14-,15-,16-,18-,19-/m0/s1. The fraction of sp³-hybridized carbons (Fsp3) is 0.650. The van der Waals surface area contributed by atoms with E-state index in [4.69, 9.17) is 14.2 Å². The van der Waals surface area contributed by atoms with Crippen LogP contribution in [0.5, 0.6) is 0 Å². The summed E-state index contributed by atoms with van der Waals surface area (Å²) in [4.78, 5) is 11.4. The molecule has 0 amide bonds. The highest BCUT2D eigenvalue weighted by Gasteiger charge is 2.41. The molecule has 0 saturated carbocycles. The lowest BCUT2D eigenvalue weighted by molar-refractivity contribution is -0.305. The number of hydrogen-bond donors (Lipinski definition) is 0. The van der Waals surface area contributed by atoms with Crippen LogP contribution in [0.3, 0.4) is 0 Å². The van der Waals surface area contributed by atoms with Crippen LogP contribution in [0.1, 0.15) is 40.2 Å². The summed E-state index contributed by atoms with van der Waals surface area (Å²) in [6, 6.07) is 10.0. The van der Waals surface area contributed by atoms with Crippen molar-refractivity contribution in [1.82, 2.24) is 0 Å². The highest BCUT2D eigenvalue weighted by molar-refractivity contribution is 5.53. The van der Waals surface area contributed by atoms with Gasteiger partial charge < -0.3 is 19.0 Å². The largest absolute Gasteiger partial charge is 0.372 e. The molecule has 1 fully saturated rings. The van der Waals surface area contributed by atoms with Crippen LogP contribution in [-0.4, -0.2) is 30.9 Å².